The highest BCUT2D eigenvalue weighted by Crippen LogP contribution is 2.45. The summed E-state index contributed by atoms with van der Waals surface area (Å²) in [5.74, 6) is -1.80. The van der Waals surface area contributed by atoms with Gasteiger partial charge in [-0.1, -0.05) is 23.2 Å². The summed E-state index contributed by atoms with van der Waals surface area (Å²) in [6.07, 6.45) is 0.172. The van der Waals surface area contributed by atoms with Crippen molar-refractivity contribution in [2.24, 2.45) is 0 Å². The molecule has 3 rings (SSSR count). The normalized spacial score (nSPS) is 17.2. The highest BCUT2D eigenvalue weighted by atomic mass is 35.5. The molecule has 10 heteroatoms. The second-order valence-electron chi connectivity index (χ2n) is 5.92. The van der Waals surface area contributed by atoms with Crippen LogP contribution in [0.15, 0.2) is 6.07 Å². The maximum Gasteiger partial charge on any atom is 0.319 e. The van der Waals surface area contributed by atoms with E-state index in [1.54, 1.807) is 6.92 Å². The maximum absolute atomic E-state index is 13.9. The maximum atomic E-state index is 13.9. The molecular formula is C16H15Cl2F2N3O3. The first-order valence-corrected chi connectivity index (χ1v) is 8.54. The van der Waals surface area contributed by atoms with Gasteiger partial charge in [0.15, 0.2) is 0 Å². The fourth-order valence-electron chi connectivity index (χ4n) is 3.33. The van der Waals surface area contributed by atoms with Gasteiger partial charge >= 0.3 is 6.55 Å². The van der Waals surface area contributed by atoms with E-state index in [0.717, 1.165) is 4.57 Å². The third-order valence-corrected chi connectivity index (χ3v) is 5.18. The van der Waals surface area contributed by atoms with E-state index in [1.165, 1.54) is 6.07 Å². The summed E-state index contributed by atoms with van der Waals surface area (Å²) in [5, 5.41) is 14.2. The number of aliphatic hydroxyl groups is 1. The summed E-state index contributed by atoms with van der Waals surface area (Å²) >= 11 is 12.3. The second kappa shape index (κ2) is 7.02. The van der Waals surface area contributed by atoms with Crippen LogP contribution in [0.25, 0.3) is 10.9 Å². The quantitative estimate of drug-likeness (QED) is 0.733. The Hall–Kier alpha value is -1.90. The van der Waals surface area contributed by atoms with Crippen LogP contribution in [0.1, 0.15) is 30.6 Å². The van der Waals surface area contributed by atoms with E-state index in [9.17, 15) is 18.4 Å². The number of amides is 2. The van der Waals surface area contributed by atoms with Crippen molar-refractivity contribution in [1.29, 1.82) is 0 Å². The van der Waals surface area contributed by atoms with Gasteiger partial charge in [0.05, 0.1) is 27.2 Å². The molecule has 26 heavy (non-hydrogen) atoms. The molecule has 1 aromatic heterocycles. The van der Waals surface area contributed by atoms with Gasteiger partial charge < -0.3 is 15.7 Å². The zero-order valence-corrected chi connectivity index (χ0v) is 15.1. The number of halogens is 4. The van der Waals surface area contributed by atoms with Gasteiger partial charge in [0, 0.05) is 24.0 Å². The van der Waals surface area contributed by atoms with E-state index in [2.05, 4.69) is 10.6 Å². The highest BCUT2D eigenvalue weighted by Gasteiger charge is 2.33. The van der Waals surface area contributed by atoms with Crippen LogP contribution in [0.3, 0.4) is 0 Å². The van der Waals surface area contributed by atoms with Gasteiger partial charge in [-0.05, 0) is 18.6 Å². The largest absolute Gasteiger partial charge is 0.387 e. The van der Waals surface area contributed by atoms with E-state index >= 15 is 0 Å². The number of anilines is 1. The van der Waals surface area contributed by atoms with Crippen LogP contribution >= 0.6 is 23.2 Å². The Morgan fingerprint density at radius 1 is 1.50 bits per heavy atom. The lowest BCUT2D eigenvalue weighted by Crippen LogP contribution is -2.27. The third kappa shape index (κ3) is 2.91. The smallest absolute Gasteiger partial charge is 0.319 e. The van der Waals surface area contributed by atoms with Crippen molar-refractivity contribution < 1.29 is 23.5 Å². The molecule has 2 aromatic rings. The fourth-order valence-corrected chi connectivity index (χ4v) is 3.77. The standard InChI is InChI=1S/C16H15Cl2F2N3O3/c1-6-11-9(2-3-21-15(6)26)23(16(19)20)14-12(11)8(22-10(25)5-24)4-7(17)13(14)18/h4,6,16,24H,2-3,5H2,1H3,(H,21,26)(H,22,25)/t6-/m0/s1. The summed E-state index contributed by atoms with van der Waals surface area (Å²) in [7, 11) is 0. The lowest BCUT2D eigenvalue weighted by Gasteiger charge is -2.13. The molecule has 0 unspecified atom stereocenters. The number of hydrogen-bond donors (Lipinski definition) is 3. The molecule has 2 heterocycles. The fraction of sp³-hybridized carbons (Fsp3) is 0.375. The molecule has 0 saturated carbocycles. The monoisotopic (exact) mass is 405 g/mol. The van der Waals surface area contributed by atoms with Gasteiger partial charge in [0.2, 0.25) is 11.8 Å². The zero-order valence-electron chi connectivity index (χ0n) is 13.6. The minimum absolute atomic E-state index is 0.0286. The van der Waals surface area contributed by atoms with E-state index in [1.807, 2.05) is 0 Å². The first kappa shape index (κ1) is 18.9. The number of benzene rings is 1. The van der Waals surface area contributed by atoms with Crippen molar-refractivity contribution in [3.05, 3.63) is 27.4 Å². The van der Waals surface area contributed by atoms with Gasteiger partial charge in [0.25, 0.3) is 0 Å². The summed E-state index contributed by atoms with van der Waals surface area (Å²) in [4.78, 5) is 23.9. The Morgan fingerprint density at radius 2 is 2.19 bits per heavy atom. The van der Waals surface area contributed by atoms with Crippen molar-refractivity contribution in [2.75, 3.05) is 18.5 Å². The molecule has 6 nitrogen and oxygen atoms in total. The molecule has 2 amide bonds. The molecule has 0 spiro atoms. The second-order valence-corrected chi connectivity index (χ2v) is 6.71. The molecule has 1 aromatic carbocycles. The van der Waals surface area contributed by atoms with Crippen LogP contribution in [0.4, 0.5) is 14.5 Å². The highest BCUT2D eigenvalue weighted by molar-refractivity contribution is 6.46. The molecule has 0 fully saturated rings. The number of aromatic nitrogens is 1. The number of carbonyl (C=O) groups excluding carboxylic acids is 2. The molecule has 140 valence electrons. The molecule has 0 radical (unpaired) electrons. The van der Waals surface area contributed by atoms with Gasteiger partial charge in [-0.2, -0.15) is 8.78 Å². The zero-order chi connectivity index (χ0) is 19.2. The Balaban J connectivity index is 2.46. The van der Waals surface area contributed by atoms with Crippen LogP contribution in [-0.2, 0) is 16.0 Å². The number of rotatable bonds is 3. The number of nitrogens with zero attached hydrogens (tertiary/aromatic N) is 1. The average molecular weight is 406 g/mol. The molecule has 3 N–H and O–H groups in total. The molecule has 1 atom stereocenters. The number of alkyl halides is 2. The molecule has 0 aliphatic carbocycles. The Morgan fingerprint density at radius 3 is 2.81 bits per heavy atom. The first-order chi connectivity index (χ1) is 12.3. The van der Waals surface area contributed by atoms with E-state index in [-0.39, 0.29) is 51.2 Å². The van der Waals surface area contributed by atoms with E-state index in [4.69, 9.17) is 28.3 Å². The minimum atomic E-state index is -2.92. The average Bonchev–Trinajstić information content (AvgIpc) is 2.86. The summed E-state index contributed by atoms with van der Waals surface area (Å²) in [6.45, 7) is -1.92. The number of hydrogen-bond acceptors (Lipinski definition) is 3. The van der Waals surface area contributed by atoms with Crippen molar-refractivity contribution >= 4 is 51.6 Å². The van der Waals surface area contributed by atoms with Gasteiger partial charge in [0.1, 0.15) is 6.61 Å². The topological polar surface area (TPSA) is 83.4 Å². The minimum Gasteiger partial charge on any atom is -0.387 e. The van der Waals surface area contributed by atoms with E-state index in [0.29, 0.717) is 5.56 Å². The van der Waals surface area contributed by atoms with Gasteiger partial charge in [-0.15, -0.1) is 0 Å². The SMILES string of the molecule is C[C@@H]1C(=O)NCCc2c1c1c(NC(=O)CO)cc(Cl)c(Cl)c1n2C(F)F. The molecule has 0 bridgehead atoms. The van der Waals surface area contributed by atoms with Crippen molar-refractivity contribution in [3.8, 4) is 0 Å². The predicted octanol–water partition coefficient (Wildman–Crippen LogP) is 3.05. The lowest BCUT2D eigenvalue weighted by atomic mass is 9.96. The molecule has 0 saturated heterocycles. The van der Waals surface area contributed by atoms with Crippen LogP contribution in [-0.4, -0.2) is 34.6 Å². The summed E-state index contributed by atoms with van der Waals surface area (Å²) in [5.41, 5.74) is 0.686. The third-order valence-electron chi connectivity index (χ3n) is 4.41. The predicted molar refractivity (Wildman–Crippen MR) is 94.1 cm³/mol. The summed E-state index contributed by atoms with van der Waals surface area (Å²) in [6, 6.07) is 1.32. The number of fused-ring (bicyclic) bond motifs is 3. The van der Waals surface area contributed by atoms with Gasteiger partial charge in [-0.3, -0.25) is 14.2 Å². The number of carbonyl (C=O) groups is 2. The first-order valence-electron chi connectivity index (χ1n) is 7.79. The molecule has 1 aliphatic heterocycles. The lowest BCUT2D eigenvalue weighted by molar-refractivity contribution is -0.122. The van der Waals surface area contributed by atoms with Gasteiger partial charge in [-0.25, -0.2) is 0 Å². The Labute approximate surface area is 157 Å². The van der Waals surface area contributed by atoms with Crippen LogP contribution in [0, 0.1) is 0 Å². The Kier molecular flexibility index (Phi) is 5.09. The number of nitrogens with one attached hydrogen (secondary N) is 2. The van der Waals surface area contributed by atoms with Crippen LogP contribution in [0.5, 0.6) is 0 Å². The number of aliphatic hydroxyl groups excluding tert-OH is 1. The van der Waals surface area contributed by atoms with E-state index < -0.39 is 25.0 Å². The molecule has 1 aliphatic rings. The summed E-state index contributed by atoms with van der Waals surface area (Å²) < 4.78 is 28.5. The van der Waals surface area contributed by atoms with Crippen molar-refractivity contribution in [2.45, 2.75) is 25.8 Å². The molecular weight excluding hydrogens is 391 g/mol. The van der Waals surface area contributed by atoms with Crippen molar-refractivity contribution in [3.63, 3.8) is 0 Å². The van der Waals surface area contributed by atoms with Crippen molar-refractivity contribution in [1.82, 2.24) is 9.88 Å². The Bertz CT molecular complexity index is 914. The van der Waals surface area contributed by atoms with Crippen LogP contribution in [0.2, 0.25) is 10.0 Å². The van der Waals surface area contributed by atoms with Crippen LogP contribution < -0.4 is 10.6 Å².